The Labute approximate surface area is 254 Å². The van der Waals surface area contributed by atoms with E-state index < -0.39 is 35.9 Å². The molecule has 0 aromatic carbocycles. The van der Waals surface area contributed by atoms with Gasteiger partial charge in [0, 0.05) is 11.3 Å². The summed E-state index contributed by atoms with van der Waals surface area (Å²) in [6.07, 6.45) is 6.37. The van der Waals surface area contributed by atoms with E-state index in [0.29, 0.717) is 49.9 Å². The summed E-state index contributed by atoms with van der Waals surface area (Å²) in [4.78, 5) is 28.4. The van der Waals surface area contributed by atoms with Crippen LogP contribution in [0.25, 0.3) is 10.4 Å². The van der Waals surface area contributed by atoms with Crippen LogP contribution >= 0.6 is 0 Å². The average Bonchev–Trinajstić information content (AvgIpc) is 3.60. The maximum atomic E-state index is 13.1. The van der Waals surface area contributed by atoms with Crippen LogP contribution in [0.4, 0.5) is 0 Å². The van der Waals surface area contributed by atoms with Gasteiger partial charge in [-0.05, 0) is 123 Å². The zero-order valence-corrected chi connectivity index (χ0v) is 26.2. The highest BCUT2D eigenvalue weighted by atomic mass is 16.3. The molecule has 2 amide bonds. The molecule has 0 saturated heterocycles. The highest BCUT2D eigenvalue weighted by molar-refractivity contribution is 5.87. The van der Waals surface area contributed by atoms with Gasteiger partial charge in [0.25, 0.3) is 0 Å². The molecule has 0 aromatic rings. The topological polar surface area (TPSA) is 192 Å². The molecule has 4 fully saturated rings. The van der Waals surface area contributed by atoms with E-state index in [-0.39, 0.29) is 41.2 Å². The molecule has 5 rings (SSSR count). The van der Waals surface area contributed by atoms with Crippen LogP contribution in [0.5, 0.6) is 0 Å². The molecule has 4 unspecified atom stereocenters. The number of azide groups is 1. The van der Waals surface area contributed by atoms with E-state index in [9.17, 15) is 24.9 Å². The highest BCUT2D eigenvalue weighted by Crippen LogP contribution is 2.68. The normalized spacial score (nSPS) is 41.9. The summed E-state index contributed by atoms with van der Waals surface area (Å²) in [6.45, 7) is 8.59. The molecule has 5 N–H and O–H groups in total. The van der Waals surface area contributed by atoms with E-state index in [1.807, 2.05) is 6.92 Å². The van der Waals surface area contributed by atoms with Crippen molar-refractivity contribution in [3.8, 4) is 0 Å². The van der Waals surface area contributed by atoms with Gasteiger partial charge in [0.15, 0.2) is 5.66 Å². The first kappa shape index (κ1) is 32.1. The van der Waals surface area contributed by atoms with Crippen LogP contribution in [0, 0.1) is 46.3 Å². The zero-order valence-electron chi connectivity index (χ0n) is 26.2. The van der Waals surface area contributed by atoms with Crippen LogP contribution in [-0.2, 0) is 9.59 Å². The van der Waals surface area contributed by atoms with Gasteiger partial charge >= 0.3 is 0 Å². The number of nitrogens with zero attached hydrogens (tertiary/aromatic N) is 5. The van der Waals surface area contributed by atoms with E-state index in [2.05, 4.69) is 51.7 Å². The molecule has 4 saturated carbocycles. The summed E-state index contributed by atoms with van der Waals surface area (Å²) in [7, 11) is 0. The lowest BCUT2D eigenvalue weighted by atomic mass is 9.43. The van der Waals surface area contributed by atoms with Crippen LogP contribution in [0.1, 0.15) is 98.3 Å². The van der Waals surface area contributed by atoms with Crippen LogP contribution in [0.3, 0.4) is 0 Å². The number of aliphatic hydroxyl groups is 3. The van der Waals surface area contributed by atoms with Crippen LogP contribution < -0.4 is 10.6 Å². The molecule has 1 heterocycles. The second-order valence-electron chi connectivity index (χ2n) is 15.1. The first-order chi connectivity index (χ1) is 20.3. The van der Waals surface area contributed by atoms with Crippen molar-refractivity contribution in [2.75, 3.05) is 6.67 Å². The number of carbonyl (C=O) groups excluding carboxylic acids is 2. The van der Waals surface area contributed by atoms with Crippen molar-refractivity contribution in [2.45, 2.75) is 128 Å². The number of amides is 2. The van der Waals surface area contributed by atoms with Crippen molar-refractivity contribution >= 4 is 11.8 Å². The number of hydrogen-bond acceptors (Lipinski definition) is 8. The average molecular weight is 602 g/mol. The van der Waals surface area contributed by atoms with Gasteiger partial charge < -0.3 is 26.0 Å². The highest BCUT2D eigenvalue weighted by Gasteiger charge is 2.65. The van der Waals surface area contributed by atoms with Crippen LogP contribution in [0.15, 0.2) is 15.3 Å². The minimum absolute atomic E-state index is 0.0333. The van der Waals surface area contributed by atoms with Crippen molar-refractivity contribution in [2.24, 2.45) is 61.7 Å². The Morgan fingerprint density at radius 2 is 1.67 bits per heavy atom. The smallest absolute Gasteiger partial charge is 0.242 e. The molecule has 4 aliphatic carbocycles. The fraction of sp³-hybridized carbons (Fsp3) is 0.935. The predicted molar refractivity (Wildman–Crippen MR) is 159 cm³/mol. The molecule has 43 heavy (non-hydrogen) atoms. The molecule has 1 aliphatic heterocycles. The molecule has 5 aliphatic rings. The van der Waals surface area contributed by atoms with Gasteiger partial charge in [-0.2, -0.15) is 10.2 Å². The van der Waals surface area contributed by atoms with E-state index in [0.717, 1.165) is 38.5 Å². The van der Waals surface area contributed by atoms with Gasteiger partial charge in [0.2, 0.25) is 11.8 Å². The lowest BCUT2D eigenvalue weighted by Crippen LogP contribution is -2.64. The summed E-state index contributed by atoms with van der Waals surface area (Å²) >= 11 is 0. The fourth-order valence-electron chi connectivity index (χ4n) is 10.2. The van der Waals surface area contributed by atoms with E-state index in [1.54, 1.807) is 0 Å². The molecule has 240 valence electrons. The second-order valence-corrected chi connectivity index (χ2v) is 15.1. The second kappa shape index (κ2) is 12.3. The third-order valence-corrected chi connectivity index (χ3v) is 12.7. The van der Waals surface area contributed by atoms with Crippen LogP contribution in [0.2, 0.25) is 0 Å². The third kappa shape index (κ3) is 6.17. The van der Waals surface area contributed by atoms with Gasteiger partial charge in [-0.1, -0.05) is 25.9 Å². The number of nitrogens with one attached hydrogen (secondary N) is 2. The van der Waals surface area contributed by atoms with E-state index in [4.69, 9.17) is 5.53 Å². The van der Waals surface area contributed by atoms with Crippen LogP contribution in [-0.4, -0.2) is 63.8 Å². The Morgan fingerprint density at radius 3 is 2.37 bits per heavy atom. The first-order valence-electron chi connectivity index (χ1n) is 16.4. The molecular formula is C31H51N7O5. The van der Waals surface area contributed by atoms with Gasteiger partial charge in [-0.15, -0.1) is 0 Å². The number of aliphatic hydroxyl groups excluding tert-OH is 3. The molecule has 12 atom stereocenters. The van der Waals surface area contributed by atoms with Gasteiger partial charge in [0.05, 0.1) is 25.0 Å². The van der Waals surface area contributed by atoms with Gasteiger partial charge in [-0.3, -0.25) is 9.59 Å². The minimum atomic E-state index is -0.801. The lowest BCUT2D eigenvalue weighted by molar-refractivity contribution is -0.223. The number of hydrogen-bond donors (Lipinski definition) is 5. The molecule has 0 aromatic heterocycles. The Hall–Kier alpha value is -2.27. The van der Waals surface area contributed by atoms with Gasteiger partial charge in [-0.25, -0.2) is 0 Å². The zero-order chi connectivity index (χ0) is 31.2. The lowest BCUT2D eigenvalue weighted by Gasteiger charge is -2.63. The fourth-order valence-corrected chi connectivity index (χ4v) is 10.2. The Bertz CT molecular complexity index is 1140. The Balaban J connectivity index is 1.20. The van der Waals surface area contributed by atoms with Crippen molar-refractivity contribution < 1.29 is 24.9 Å². The largest absolute Gasteiger partial charge is 0.393 e. The van der Waals surface area contributed by atoms with Crippen molar-refractivity contribution in [3.63, 3.8) is 0 Å². The maximum absolute atomic E-state index is 13.1. The molecular weight excluding hydrogens is 550 g/mol. The third-order valence-electron chi connectivity index (χ3n) is 12.7. The Morgan fingerprint density at radius 1 is 0.977 bits per heavy atom. The number of carbonyl (C=O) groups is 2. The minimum Gasteiger partial charge on any atom is -0.393 e. The summed E-state index contributed by atoms with van der Waals surface area (Å²) in [6, 6.07) is -0.756. The Kier molecular flexibility index (Phi) is 9.16. The van der Waals surface area contributed by atoms with Crippen molar-refractivity contribution in [3.05, 3.63) is 10.4 Å². The summed E-state index contributed by atoms with van der Waals surface area (Å²) < 4.78 is 0. The molecule has 12 heteroatoms. The molecule has 0 radical (unpaired) electrons. The number of rotatable bonds is 11. The molecule has 0 bridgehead atoms. The predicted octanol–water partition coefficient (Wildman–Crippen LogP) is 4.20. The monoisotopic (exact) mass is 601 g/mol. The first-order valence-corrected chi connectivity index (χ1v) is 16.4. The summed E-state index contributed by atoms with van der Waals surface area (Å²) in [5, 5.41) is 50.0. The molecule has 0 spiro atoms. The molecule has 12 nitrogen and oxygen atoms in total. The summed E-state index contributed by atoms with van der Waals surface area (Å²) in [5.41, 5.74) is 7.99. The van der Waals surface area contributed by atoms with E-state index >= 15 is 0 Å². The summed E-state index contributed by atoms with van der Waals surface area (Å²) in [5.74, 6) is 0.796. The standard InChI is InChI=1S/C31H51N7O5/c1-17(5-8-24(40)35-23(11-14-31(4)36-37-31)28(43)33-16-34-38-32)19-6-7-20-25-21(10-13-29(19,20)2)30(3)12-9-18(39)15-22(30)26(41)27(25)42/h17-23,25-27,39,41-42H,5-16H2,1-4H3,(H,33,43)(H,35,40)/t17-,18-,19-,20+,21?,22+,23?,25+,26?,27?,29-,30-/m1/s1. The van der Waals surface area contributed by atoms with E-state index in [1.165, 1.54) is 0 Å². The quantitative estimate of drug-likeness (QED) is 0.134. The van der Waals surface area contributed by atoms with Crippen molar-refractivity contribution in [1.82, 2.24) is 10.6 Å². The van der Waals surface area contributed by atoms with Gasteiger partial charge in [0.1, 0.15) is 6.04 Å². The SMILES string of the molecule is C[C@H](CCC(=O)NC(CCC1(C)N=N1)C(=O)NCN=[N+]=[N-])[C@H]1CC[C@H]2[C@@H]3C(O)C(O)[C@@H]4C[C@H](O)CC[C@]4(C)C3CC[C@]12C. The maximum Gasteiger partial charge on any atom is 0.242 e. The number of fused-ring (bicyclic) bond motifs is 5. The van der Waals surface area contributed by atoms with Crippen molar-refractivity contribution in [1.29, 1.82) is 0 Å².